The predicted octanol–water partition coefficient (Wildman–Crippen LogP) is 3.26. The van der Waals surface area contributed by atoms with Crippen molar-refractivity contribution in [2.75, 3.05) is 27.1 Å². The lowest BCUT2D eigenvalue weighted by Gasteiger charge is -2.16. The van der Waals surface area contributed by atoms with E-state index in [1.54, 1.807) is 39.2 Å². The first-order chi connectivity index (χ1) is 12.2. The van der Waals surface area contributed by atoms with E-state index < -0.39 is 0 Å². The molecular formula is C19H23NO4S. The minimum Gasteiger partial charge on any atom is -0.493 e. The molecule has 25 heavy (non-hydrogen) atoms. The first kappa shape index (κ1) is 19.0. The zero-order valence-electron chi connectivity index (χ0n) is 14.7. The van der Waals surface area contributed by atoms with E-state index in [9.17, 15) is 4.79 Å². The number of nitrogens with one attached hydrogen (secondary N) is 1. The molecule has 0 aliphatic rings. The van der Waals surface area contributed by atoms with Gasteiger partial charge in [0.1, 0.15) is 0 Å². The van der Waals surface area contributed by atoms with Gasteiger partial charge in [-0.25, -0.2) is 0 Å². The third kappa shape index (κ3) is 5.32. The zero-order valence-corrected chi connectivity index (χ0v) is 15.5. The highest BCUT2D eigenvalue weighted by atomic mass is 32.2. The third-order valence-electron chi connectivity index (χ3n) is 3.61. The highest BCUT2D eigenvalue weighted by Gasteiger charge is 2.16. The van der Waals surface area contributed by atoms with Crippen molar-refractivity contribution in [3.63, 3.8) is 0 Å². The van der Waals surface area contributed by atoms with Gasteiger partial charge in [-0.05, 0) is 17.7 Å². The molecule has 0 bridgehead atoms. The summed E-state index contributed by atoms with van der Waals surface area (Å²) in [6.45, 7) is 0.369. The summed E-state index contributed by atoms with van der Waals surface area (Å²) in [4.78, 5) is 12.1. The summed E-state index contributed by atoms with van der Waals surface area (Å²) in [6, 6.07) is 13.7. The van der Waals surface area contributed by atoms with Crippen molar-refractivity contribution in [1.82, 2.24) is 5.32 Å². The van der Waals surface area contributed by atoms with E-state index in [2.05, 4.69) is 17.4 Å². The van der Waals surface area contributed by atoms with Crippen molar-refractivity contribution in [1.29, 1.82) is 0 Å². The lowest BCUT2D eigenvalue weighted by molar-refractivity contribution is -0.118. The Kier molecular flexibility index (Phi) is 7.47. The fraction of sp³-hybridized carbons (Fsp3) is 0.316. The summed E-state index contributed by atoms with van der Waals surface area (Å²) in [5.74, 6) is 2.89. The number of carbonyl (C=O) groups is 1. The monoisotopic (exact) mass is 361 g/mol. The van der Waals surface area contributed by atoms with Gasteiger partial charge in [-0.15, -0.1) is 11.8 Å². The maximum atomic E-state index is 12.1. The van der Waals surface area contributed by atoms with Crippen LogP contribution in [0, 0.1) is 0 Å². The molecule has 2 aromatic rings. The first-order valence-electron chi connectivity index (χ1n) is 7.85. The van der Waals surface area contributed by atoms with Gasteiger partial charge in [0.25, 0.3) is 0 Å². The van der Waals surface area contributed by atoms with E-state index in [1.807, 2.05) is 24.3 Å². The van der Waals surface area contributed by atoms with Crippen LogP contribution >= 0.6 is 11.8 Å². The van der Waals surface area contributed by atoms with Gasteiger partial charge in [-0.3, -0.25) is 4.79 Å². The molecule has 0 radical (unpaired) electrons. The summed E-state index contributed by atoms with van der Waals surface area (Å²) >= 11 is 1.59. The number of amides is 1. The van der Waals surface area contributed by atoms with Crippen LogP contribution in [-0.4, -0.2) is 33.0 Å². The number of carbonyl (C=O) groups excluding carboxylic acids is 1. The van der Waals surface area contributed by atoms with Gasteiger partial charge < -0.3 is 19.5 Å². The standard InChI is InChI=1S/C19H23NO4S/c1-22-16-10-9-15(18(23-2)19(16)24-3)11-20-17(21)13-25-12-14-7-5-4-6-8-14/h4-10H,11-13H2,1-3H3,(H,20,21). The van der Waals surface area contributed by atoms with Crippen molar-refractivity contribution in [3.8, 4) is 17.2 Å². The number of rotatable bonds is 9. The molecule has 1 N–H and O–H groups in total. The van der Waals surface area contributed by atoms with Crippen molar-refractivity contribution in [2.45, 2.75) is 12.3 Å². The van der Waals surface area contributed by atoms with E-state index in [4.69, 9.17) is 14.2 Å². The largest absolute Gasteiger partial charge is 0.493 e. The van der Waals surface area contributed by atoms with E-state index >= 15 is 0 Å². The van der Waals surface area contributed by atoms with Crippen LogP contribution in [0.15, 0.2) is 42.5 Å². The number of methoxy groups -OCH3 is 3. The molecule has 0 atom stereocenters. The molecule has 2 aromatic carbocycles. The van der Waals surface area contributed by atoms with E-state index in [1.165, 1.54) is 5.56 Å². The van der Waals surface area contributed by atoms with Crippen LogP contribution < -0.4 is 19.5 Å². The molecule has 0 aromatic heterocycles. The lowest BCUT2D eigenvalue weighted by atomic mass is 10.1. The number of ether oxygens (including phenoxy) is 3. The predicted molar refractivity (Wildman–Crippen MR) is 101 cm³/mol. The Morgan fingerprint density at radius 2 is 1.68 bits per heavy atom. The summed E-state index contributed by atoms with van der Waals surface area (Å²) in [6.07, 6.45) is 0. The fourth-order valence-electron chi connectivity index (χ4n) is 2.38. The molecule has 0 heterocycles. The second-order valence-electron chi connectivity index (χ2n) is 5.25. The summed E-state index contributed by atoms with van der Waals surface area (Å²) in [5, 5.41) is 2.91. The summed E-state index contributed by atoms with van der Waals surface area (Å²) in [5.41, 5.74) is 2.04. The number of hydrogen-bond donors (Lipinski definition) is 1. The van der Waals surface area contributed by atoms with E-state index in [-0.39, 0.29) is 5.91 Å². The normalized spacial score (nSPS) is 10.2. The molecule has 134 valence electrons. The Hall–Kier alpha value is -2.34. The van der Waals surface area contributed by atoms with Crippen LogP contribution in [0.5, 0.6) is 17.2 Å². The number of thioether (sulfide) groups is 1. The van der Waals surface area contributed by atoms with Crippen molar-refractivity contribution in [3.05, 3.63) is 53.6 Å². The minimum atomic E-state index is -0.0160. The Morgan fingerprint density at radius 1 is 0.960 bits per heavy atom. The van der Waals surface area contributed by atoms with Gasteiger partial charge in [0.15, 0.2) is 11.5 Å². The minimum absolute atomic E-state index is 0.0160. The third-order valence-corrected chi connectivity index (χ3v) is 4.61. The second kappa shape index (κ2) is 9.84. The Bertz CT molecular complexity index is 691. The number of benzene rings is 2. The Labute approximate surface area is 152 Å². The molecule has 5 nitrogen and oxygen atoms in total. The van der Waals surface area contributed by atoms with Crippen LogP contribution in [-0.2, 0) is 17.1 Å². The zero-order chi connectivity index (χ0) is 18.1. The highest BCUT2D eigenvalue weighted by molar-refractivity contribution is 7.99. The van der Waals surface area contributed by atoms with E-state index in [0.717, 1.165) is 11.3 Å². The molecule has 0 aliphatic carbocycles. The van der Waals surface area contributed by atoms with Crippen LogP contribution in [0.1, 0.15) is 11.1 Å². The molecule has 0 fully saturated rings. The highest BCUT2D eigenvalue weighted by Crippen LogP contribution is 2.39. The van der Waals surface area contributed by atoms with Gasteiger partial charge in [0, 0.05) is 17.9 Å². The molecule has 0 spiro atoms. The van der Waals surface area contributed by atoms with Crippen LogP contribution in [0.3, 0.4) is 0 Å². The molecule has 1 amide bonds. The lowest BCUT2D eigenvalue weighted by Crippen LogP contribution is -2.25. The van der Waals surface area contributed by atoms with Gasteiger partial charge in [0.2, 0.25) is 11.7 Å². The van der Waals surface area contributed by atoms with Crippen molar-refractivity contribution in [2.24, 2.45) is 0 Å². The van der Waals surface area contributed by atoms with Crippen molar-refractivity contribution < 1.29 is 19.0 Å². The quantitative estimate of drug-likeness (QED) is 0.743. The molecule has 0 aliphatic heterocycles. The maximum Gasteiger partial charge on any atom is 0.230 e. The van der Waals surface area contributed by atoms with E-state index in [0.29, 0.717) is 29.5 Å². The van der Waals surface area contributed by atoms with Gasteiger partial charge in [-0.2, -0.15) is 0 Å². The first-order valence-corrected chi connectivity index (χ1v) is 9.01. The molecule has 2 rings (SSSR count). The van der Waals surface area contributed by atoms with Crippen LogP contribution in [0.4, 0.5) is 0 Å². The molecule has 6 heteroatoms. The Morgan fingerprint density at radius 3 is 2.32 bits per heavy atom. The Balaban J connectivity index is 1.89. The molecule has 0 saturated carbocycles. The smallest absolute Gasteiger partial charge is 0.230 e. The average molecular weight is 361 g/mol. The second-order valence-corrected chi connectivity index (χ2v) is 6.23. The fourth-order valence-corrected chi connectivity index (χ4v) is 3.20. The average Bonchev–Trinajstić information content (AvgIpc) is 2.66. The summed E-state index contributed by atoms with van der Waals surface area (Å²) in [7, 11) is 4.70. The SMILES string of the molecule is COc1ccc(CNC(=O)CSCc2ccccc2)c(OC)c1OC. The van der Waals surface area contributed by atoms with Gasteiger partial charge in [-0.1, -0.05) is 30.3 Å². The topological polar surface area (TPSA) is 56.8 Å². The van der Waals surface area contributed by atoms with Crippen LogP contribution in [0.25, 0.3) is 0 Å². The van der Waals surface area contributed by atoms with Gasteiger partial charge in [0.05, 0.1) is 27.1 Å². The van der Waals surface area contributed by atoms with Crippen LogP contribution in [0.2, 0.25) is 0 Å². The molecular weight excluding hydrogens is 338 g/mol. The summed E-state index contributed by atoms with van der Waals surface area (Å²) < 4.78 is 16.0. The molecule has 0 saturated heterocycles. The number of hydrogen-bond acceptors (Lipinski definition) is 5. The van der Waals surface area contributed by atoms with Gasteiger partial charge >= 0.3 is 0 Å². The van der Waals surface area contributed by atoms with Crippen molar-refractivity contribution >= 4 is 17.7 Å². The maximum absolute atomic E-state index is 12.1. The molecule has 0 unspecified atom stereocenters.